The molecule has 6 nitrogen and oxygen atoms in total. The molecule has 0 saturated carbocycles. The van der Waals surface area contributed by atoms with Gasteiger partial charge < -0.3 is 10.6 Å². The maximum absolute atomic E-state index is 13.5. The highest BCUT2D eigenvalue weighted by molar-refractivity contribution is 8.03. The van der Waals surface area contributed by atoms with E-state index in [-0.39, 0.29) is 35.0 Å². The first-order valence-corrected chi connectivity index (χ1v) is 11.8. The third kappa shape index (κ3) is 7.01. The number of rotatable bonds is 8. The van der Waals surface area contributed by atoms with Crippen LogP contribution in [0.25, 0.3) is 0 Å². The number of aromatic nitrogens is 2. The predicted octanol–water partition coefficient (Wildman–Crippen LogP) is 4.89. The van der Waals surface area contributed by atoms with Crippen molar-refractivity contribution in [1.82, 2.24) is 10.2 Å². The first kappa shape index (κ1) is 23.2. The average Bonchev–Trinajstić information content (AvgIpc) is 3.18. The quantitative estimate of drug-likeness (QED) is 0.447. The number of nitrogens with one attached hydrogen (secondary N) is 2. The largest absolute Gasteiger partial charge is 0.325 e. The Morgan fingerprint density at radius 2 is 1.26 bits per heavy atom. The number of aryl methyl sites for hydroxylation is 2. The molecular weight excluding hydrogens is 462 g/mol. The number of amides is 2. The molecule has 0 spiro atoms. The maximum atomic E-state index is 13.5. The molecule has 3 aromatic rings. The van der Waals surface area contributed by atoms with E-state index in [1.165, 1.54) is 47.0 Å². The molecule has 0 aliphatic heterocycles. The van der Waals surface area contributed by atoms with Gasteiger partial charge in [-0.3, -0.25) is 9.59 Å². The first-order chi connectivity index (χ1) is 14.8. The van der Waals surface area contributed by atoms with Crippen molar-refractivity contribution >= 4 is 58.0 Å². The van der Waals surface area contributed by atoms with Gasteiger partial charge >= 0.3 is 0 Å². The van der Waals surface area contributed by atoms with E-state index < -0.39 is 0 Å². The van der Waals surface area contributed by atoms with Gasteiger partial charge in [0.15, 0.2) is 8.68 Å². The third-order valence-corrected chi connectivity index (χ3v) is 7.14. The fraction of sp³-hybridized carbons (Fsp3) is 0.200. The van der Waals surface area contributed by atoms with Gasteiger partial charge in [0, 0.05) is 11.4 Å². The molecule has 1 aromatic heterocycles. The molecule has 31 heavy (non-hydrogen) atoms. The van der Waals surface area contributed by atoms with Crippen molar-refractivity contribution in [3.05, 3.63) is 59.2 Å². The second kappa shape index (κ2) is 10.7. The second-order valence-corrected chi connectivity index (χ2v) is 9.86. The minimum Gasteiger partial charge on any atom is -0.325 e. The number of benzene rings is 2. The lowest BCUT2D eigenvalue weighted by molar-refractivity contribution is -0.114. The summed E-state index contributed by atoms with van der Waals surface area (Å²) in [5.74, 6) is -1.16. The topological polar surface area (TPSA) is 84.0 Å². The van der Waals surface area contributed by atoms with Crippen molar-refractivity contribution in [2.45, 2.75) is 22.5 Å². The number of anilines is 2. The van der Waals surface area contributed by atoms with Crippen LogP contribution in [0.3, 0.4) is 0 Å². The summed E-state index contributed by atoms with van der Waals surface area (Å²) in [4.78, 5) is 24.1. The summed E-state index contributed by atoms with van der Waals surface area (Å²) in [7, 11) is 0. The summed E-state index contributed by atoms with van der Waals surface area (Å²) in [6.45, 7) is 3.29. The van der Waals surface area contributed by atoms with Crippen LogP contribution in [0.15, 0.2) is 45.1 Å². The van der Waals surface area contributed by atoms with Crippen LogP contribution in [0.4, 0.5) is 20.2 Å². The number of thioether (sulfide) groups is 2. The summed E-state index contributed by atoms with van der Waals surface area (Å²) in [6, 6.07) is 9.00. The second-order valence-electron chi connectivity index (χ2n) is 6.44. The molecule has 0 aliphatic carbocycles. The zero-order chi connectivity index (χ0) is 22.4. The van der Waals surface area contributed by atoms with E-state index in [0.29, 0.717) is 31.2 Å². The van der Waals surface area contributed by atoms with Gasteiger partial charge in [-0.25, -0.2) is 8.78 Å². The molecule has 2 N–H and O–H groups in total. The minimum absolute atomic E-state index is 0.0915. The molecule has 2 amide bonds. The molecule has 0 saturated heterocycles. The van der Waals surface area contributed by atoms with Gasteiger partial charge in [-0.05, 0) is 49.2 Å². The Morgan fingerprint density at radius 3 is 1.65 bits per heavy atom. The summed E-state index contributed by atoms with van der Waals surface area (Å²) in [5.41, 5.74) is 1.79. The molecule has 11 heteroatoms. The maximum Gasteiger partial charge on any atom is 0.234 e. The van der Waals surface area contributed by atoms with E-state index >= 15 is 0 Å². The Kier molecular flexibility index (Phi) is 7.99. The van der Waals surface area contributed by atoms with E-state index in [2.05, 4.69) is 20.8 Å². The number of nitrogens with zero attached hydrogens (tertiary/aromatic N) is 2. The summed E-state index contributed by atoms with van der Waals surface area (Å²) < 4.78 is 28.3. The summed E-state index contributed by atoms with van der Waals surface area (Å²) in [5, 5.41) is 13.2. The van der Waals surface area contributed by atoms with Gasteiger partial charge in [-0.15, -0.1) is 10.2 Å². The fourth-order valence-corrected chi connectivity index (χ4v) is 4.92. The Labute approximate surface area is 190 Å². The van der Waals surface area contributed by atoms with Gasteiger partial charge in [-0.2, -0.15) is 0 Å². The van der Waals surface area contributed by atoms with Crippen LogP contribution in [-0.4, -0.2) is 33.5 Å². The van der Waals surface area contributed by atoms with Crippen LogP contribution in [0.1, 0.15) is 11.1 Å². The molecule has 0 radical (unpaired) electrons. The number of carbonyl (C=O) groups excluding carboxylic acids is 2. The van der Waals surface area contributed by atoms with Crippen LogP contribution < -0.4 is 10.6 Å². The van der Waals surface area contributed by atoms with Crippen LogP contribution in [0.2, 0.25) is 0 Å². The van der Waals surface area contributed by atoms with Gasteiger partial charge in [0.05, 0.1) is 11.5 Å². The standard InChI is InChI=1S/C20H18F2N4O2S3/c1-11-3-5-13(7-15(11)21)23-17(27)9-29-19-25-26-20(31-19)30-10-18(28)24-14-6-4-12(2)16(22)8-14/h3-8H,9-10H2,1-2H3,(H,23,27)(H,24,28). The van der Waals surface area contributed by atoms with Crippen LogP contribution >= 0.6 is 34.9 Å². The zero-order valence-corrected chi connectivity index (χ0v) is 19.0. The van der Waals surface area contributed by atoms with Gasteiger partial charge in [0.1, 0.15) is 11.6 Å². The van der Waals surface area contributed by atoms with E-state index in [1.54, 1.807) is 38.1 Å². The van der Waals surface area contributed by atoms with Crippen molar-refractivity contribution in [1.29, 1.82) is 0 Å². The van der Waals surface area contributed by atoms with Crippen molar-refractivity contribution in [2.75, 3.05) is 22.1 Å². The molecule has 162 valence electrons. The highest BCUT2D eigenvalue weighted by Crippen LogP contribution is 2.29. The first-order valence-electron chi connectivity index (χ1n) is 9.01. The number of hydrogen-bond acceptors (Lipinski definition) is 7. The van der Waals surface area contributed by atoms with Crippen LogP contribution in [0, 0.1) is 25.5 Å². The lowest BCUT2D eigenvalue weighted by atomic mass is 10.2. The molecule has 0 unspecified atom stereocenters. The Bertz CT molecular complexity index is 1020. The van der Waals surface area contributed by atoms with Crippen molar-refractivity contribution in [2.24, 2.45) is 0 Å². The van der Waals surface area contributed by atoms with Gasteiger partial charge in [0.25, 0.3) is 0 Å². The molecule has 0 atom stereocenters. The monoisotopic (exact) mass is 480 g/mol. The van der Waals surface area contributed by atoms with Crippen LogP contribution in [0.5, 0.6) is 0 Å². The molecule has 1 heterocycles. The van der Waals surface area contributed by atoms with Crippen molar-refractivity contribution < 1.29 is 18.4 Å². The number of halogens is 2. The number of hydrogen-bond donors (Lipinski definition) is 2. The Morgan fingerprint density at radius 1 is 0.839 bits per heavy atom. The molecule has 0 bridgehead atoms. The fourth-order valence-electron chi connectivity index (χ4n) is 2.30. The Hall–Kier alpha value is -2.50. The normalized spacial score (nSPS) is 10.7. The molecule has 0 aliphatic rings. The lowest BCUT2D eigenvalue weighted by Crippen LogP contribution is -2.14. The van der Waals surface area contributed by atoms with E-state index in [0.717, 1.165) is 0 Å². The smallest absolute Gasteiger partial charge is 0.234 e. The summed E-state index contributed by atoms with van der Waals surface area (Å²) in [6.07, 6.45) is 0. The van der Waals surface area contributed by atoms with E-state index in [4.69, 9.17) is 0 Å². The highest BCUT2D eigenvalue weighted by Gasteiger charge is 2.12. The molecule has 3 rings (SSSR count). The summed E-state index contributed by atoms with van der Waals surface area (Å²) >= 11 is 3.66. The highest BCUT2D eigenvalue weighted by atomic mass is 32.2. The predicted molar refractivity (Wildman–Crippen MR) is 121 cm³/mol. The minimum atomic E-state index is -0.382. The van der Waals surface area contributed by atoms with Crippen molar-refractivity contribution in [3.8, 4) is 0 Å². The van der Waals surface area contributed by atoms with E-state index in [9.17, 15) is 18.4 Å². The molecule has 0 fully saturated rings. The van der Waals surface area contributed by atoms with E-state index in [1.807, 2.05) is 0 Å². The number of carbonyl (C=O) groups is 2. The van der Waals surface area contributed by atoms with Crippen molar-refractivity contribution in [3.63, 3.8) is 0 Å². The third-order valence-electron chi connectivity index (χ3n) is 3.95. The average molecular weight is 481 g/mol. The van der Waals surface area contributed by atoms with Crippen LogP contribution in [-0.2, 0) is 9.59 Å². The van der Waals surface area contributed by atoms with Gasteiger partial charge in [0.2, 0.25) is 11.8 Å². The molecular formula is C20H18F2N4O2S3. The van der Waals surface area contributed by atoms with Gasteiger partial charge in [-0.1, -0.05) is 47.0 Å². The zero-order valence-electron chi connectivity index (χ0n) is 16.6. The Balaban J connectivity index is 1.43. The molecule has 2 aromatic carbocycles. The lowest BCUT2D eigenvalue weighted by Gasteiger charge is -2.05. The SMILES string of the molecule is Cc1ccc(NC(=O)CSc2nnc(SCC(=O)Nc3ccc(C)c(F)c3)s2)cc1F.